The van der Waals surface area contributed by atoms with Crippen molar-refractivity contribution >= 4 is 23.2 Å². The molecule has 1 aromatic heterocycles. The number of primary amides is 1. The molecule has 2 heterocycles. The maximum Gasteiger partial charge on any atom is 0.264 e. The van der Waals surface area contributed by atoms with Gasteiger partial charge in [-0.25, -0.2) is 0 Å². The van der Waals surface area contributed by atoms with Gasteiger partial charge in [-0.2, -0.15) is 0 Å². The van der Waals surface area contributed by atoms with Crippen LogP contribution < -0.4 is 5.73 Å². The van der Waals surface area contributed by atoms with E-state index in [1.165, 1.54) is 11.3 Å². The monoisotopic (exact) mass is 344 g/mol. The standard InChI is InChI=1S/C18H20N2O3S/c1-11-9-23-16(13-6-4-3-5-7-13)12(2)20(11)18(22)15-8-14(10-24-15)17(19)21/h3-8,10-12,16H,9H2,1-2H3,(H2,19,21)/t11-,12-,16-/m1/s1. The van der Waals surface area contributed by atoms with Gasteiger partial charge in [-0.15, -0.1) is 11.3 Å². The second kappa shape index (κ2) is 6.75. The van der Waals surface area contributed by atoms with E-state index in [4.69, 9.17) is 10.5 Å². The van der Waals surface area contributed by atoms with Crippen molar-refractivity contribution in [2.24, 2.45) is 5.73 Å². The highest BCUT2D eigenvalue weighted by Gasteiger charge is 2.37. The molecule has 0 unspecified atom stereocenters. The van der Waals surface area contributed by atoms with Crippen LogP contribution in [-0.2, 0) is 4.74 Å². The molecule has 2 amide bonds. The number of carbonyl (C=O) groups is 2. The minimum Gasteiger partial charge on any atom is -0.369 e. The average molecular weight is 344 g/mol. The Morgan fingerprint density at radius 2 is 1.96 bits per heavy atom. The molecule has 5 nitrogen and oxygen atoms in total. The summed E-state index contributed by atoms with van der Waals surface area (Å²) in [6.45, 7) is 4.44. The SMILES string of the molecule is C[C@@H]1CO[C@@H](c2ccccc2)[C@@H](C)N1C(=O)c1cc(C(N)=O)cs1. The molecular weight excluding hydrogens is 324 g/mol. The van der Waals surface area contributed by atoms with Crippen LogP contribution in [0.3, 0.4) is 0 Å². The first-order chi connectivity index (χ1) is 11.5. The Labute approximate surface area is 145 Å². The summed E-state index contributed by atoms with van der Waals surface area (Å²) in [5, 5.41) is 1.63. The Hall–Kier alpha value is -2.18. The smallest absolute Gasteiger partial charge is 0.264 e. The van der Waals surface area contributed by atoms with Crippen LogP contribution in [0.15, 0.2) is 41.8 Å². The molecule has 2 aromatic rings. The molecule has 1 aliphatic rings. The zero-order valence-electron chi connectivity index (χ0n) is 13.6. The molecule has 24 heavy (non-hydrogen) atoms. The van der Waals surface area contributed by atoms with Crippen molar-refractivity contribution in [2.45, 2.75) is 32.0 Å². The summed E-state index contributed by atoms with van der Waals surface area (Å²) in [4.78, 5) is 26.6. The van der Waals surface area contributed by atoms with Gasteiger partial charge in [0.05, 0.1) is 29.1 Å². The molecule has 3 atom stereocenters. The van der Waals surface area contributed by atoms with Crippen LogP contribution >= 0.6 is 11.3 Å². The van der Waals surface area contributed by atoms with E-state index in [2.05, 4.69) is 0 Å². The van der Waals surface area contributed by atoms with E-state index in [0.29, 0.717) is 17.0 Å². The molecule has 0 spiro atoms. The molecule has 3 rings (SSSR count). The van der Waals surface area contributed by atoms with Crippen molar-refractivity contribution in [1.29, 1.82) is 0 Å². The van der Waals surface area contributed by atoms with Crippen molar-refractivity contribution in [3.8, 4) is 0 Å². The third-order valence-electron chi connectivity index (χ3n) is 4.33. The Balaban J connectivity index is 1.86. The highest BCUT2D eigenvalue weighted by atomic mass is 32.1. The summed E-state index contributed by atoms with van der Waals surface area (Å²) in [5.41, 5.74) is 6.71. The summed E-state index contributed by atoms with van der Waals surface area (Å²) in [6, 6.07) is 11.3. The first-order valence-corrected chi connectivity index (χ1v) is 8.74. The number of morpholine rings is 1. The van der Waals surface area contributed by atoms with Crippen molar-refractivity contribution in [2.75, 3.05) is 6.61 Å². The summed E-state index contributed by atoms with van der Waals surface area (Å²) in [5.74, 6) is -0.604. The number of hydrogen-bond donors (Lipinski definition) is 1. The van der Waals surface area contributed by atoms with Crippen LogP contribution in [0.1, 0.15) is 45.5 Å². The Morgan fingerprint density at radius 1 is 1.25 bits per heavy atom. The van der Waals surface area contributed by atoms with Crippen LogP contribution in [-0.4, -0.2) is 35.4 Å². The third kappa shape index (κ3) is 3.07. The molecule has 0 aliphatic carbocycles. The molecule has 1 aliphatic heterocycles. The highest BCUT2D eigenvalue weighted by Crippen LogP contribution is 2.32. The number of thiophene rings is 1. The number of hydrogen-bond acceptors (Lipinski definition) is 4. The minimum atomic E-state index is -0.518. The number of nitrogens with two attached hydrogens (primary N) is 1. The first kappa shape index (κ1) is 16.7. The van der Waals surface area contributed by atoms with Gasteiger partial charge < -0.3 is 15.4 Å². The molecule has 1 fully saturated rings. The zero-order chi connectivity index (χ0) is 17.3. The van der Waals surface area contributed by atoms with Crippen molar-refractivity contribution < 1.29 is 14.3 Å². The number of amides is 2. The Kier molecular flexibility index (Phi) is 4.69. The third-order valence-corrected chi connectivity index (χ3v) is 5.24. The van der Waals surface area contributed by atoms with Gasteiger partial charge in [-0.05, 0) is 25.5 Å². The van der Waals surface area contributed by atoms with Gasteiger partial charge in [0.25, 0.3) is 5.91 Å². The topological polar surface area (TPSA) is 72.6 Å². The fourth-order valence-electron chi connectivity index (χ4n) is 3.12. The summed E-state index contributed by atoms with van der Waals surface area (Å²) >= 11 is 1.25. The molecule has 1 aromatic carbocycles. The molecule has 0 radical (unpaired) electrons. The number of nitrogens with zero attached hydrogens (tertiary/aromatic N) is 1. The van der Waals surface area contributed by atoms with Crippen molar-refractivity contribution in [3.63, 3.8) is 0 Å². The van der Waals surface area contributed by atoms with E-state index >= 15 is 0 Å². The van der Waals surface area contributed by atoms with Gasteiger partial charge in [-0.3, -0.25) is 9.59 Å². The Bertz CT molecular complexity index is 744. The molecule has 2 N–H and O–H groups in total. The van der Waals surface area contributed by atoms with E-state index in [1.54, 1.807) is 11.4 Å². The summed E-state index contributed by atoms with van der Waals surface area (Å²) in [7, 11) is 0. The van der Waals surface area contributed by atoms with Gasteiger partial charge in [0.2, 0.25) is 5.91 Å². The van der Waals surface area contributed by atoms with Gasteiger partial charge in [0.15, 0.2) is 0 Å². The Morgan fingerprint density at radius 3 is 2.58 bits per heavy atom. The van der Waals surface area contributed by atoms with Crippen molar-refractivity contribution in [3.05, 3.63) is 57.8 Å². The van der Waals surface area contributed by atoms with Gasteiger partial charge >= 0.3 is 0 Å². The molecule has 0 saturated carbocycles. The van der Waals surface area contributed by atoms with Crippen LogP contribution in [0.5, 0.6) is 0 Å². The van der Waals surface area contributed by atoms with Crippen LogP contribution in [0.4, 0.5) is 0 Å². The normalized spacial score (nSPS) is 23.9. The van der Waals surface area contributed by atoms with E-state index in [9.17, 15) is 9.59 Å². The van der Waals surface area contributed by atoms with Crippen LogP contribution in [0.2, 0.25) is 0 Å². The average Bonchev–Trinajstić information content (AvgIpc) is 3.06. The van der Waals surface area contributed by atoms with E-state index in [1.807, 2.05) is 49.1 Å². The lowest BCUT2D eigenvalue weighted by molar-refractivity contribution is -0.0804. The summed E-state index contributed by atoms with van der Waals surface area (Å²) < 4.78 is 5.98. The minimum absolute atomic E-state index is 0.0356. The van der Waals surface area contributed by atoms with Gasteiger partial charge in [0, 0.05) is 5.38 Å². The largest absolute Gasteiger partial charge is 0.369 e. The first-order valence-electron chi connectivity index (χ1n) is 7.86. The maximum absolute atomic E-state index is 13.0. The quantitative estimate of drug-likeness (QED) is 0.930. The van der Waals surface area contributed by atoms with Crippen LogP contribution in [0, 0.1) is 0 Å². The molecular formula is C18H20N2O3S. The second-order valence-electron chi connectivity index (χ2n) is 6.03. The predicted octanol–water partition coefficient (Wildman–Crippen LogP) is 2.84. The van der Waals surface area contributed by atoms with Gasteiger partial charge in [0.1, 0.15) is 6.10 Å². The highest BCUT2D eigenvalue weighted by molar-refractivity contribution is 7.12. The number of ether oxygens (including phenoxy) is 1. The van der Waals surface area contributed by atoms with E-state index in [0.717, 1.165) is 5.56 Å². The molecule has 6 heteroatoms. The fourth-order valence-corrected chi connectivity index (χ4v) is 3.96. The summed E-state index contributed by atoms with van der Waals surface area (Å²) in [6.07, 6.45) is -0.165. The van der Waals surface area contributed by atoms with Crippen molar-refractivity contribution in [1.82, 2.24) is 4.90 Å². The maximum atomic E-state index is 13.0. The van der Waals surface area contributed by atoms with E-state index in [-0.39, 0.29) is 24.1 Å². The van der Waals surface area contributed by atoms with Crippen LogP contribution in [0.25, 0.3) is 0 Å². The lowest BCUT2D eigenvalue weighted by atomic mass is 9.98. The number of carbonyl (C=O) groups excluding carboxylic acids is 2. The fraction of sp³-hybridized carbons (Fsp3) is 0.333. The molecule has 1 saturated heterocycles. The second-order valence-corrected chi connectivity index (χ2v) is 6.94. The zero-order valence-corrected chi connectivity index (χ0v) is 14.5. The lowest BCUT2D eigenvalue weighted by Gasteiger charge is -2.43. The predicted molar refractivity (Wildman–Crippen MR) is 93.1 cm³/mol. The van der Waals surface area contributed by atoms with E-state index < -0.39 is 5.91 Å². The lowest BCUT2D eigenvalue weighted by Crippen LogP contribution is -2.53. The molecule has 0 bridgehead atoms. The molecule has 126 valence electrons. The number of rotatable bonds is 3. The number of benzene rings is 1. The van der Waals surface area contributed by atoms with Gasteiger partial charge in [-0.1, -0.05) is 30.3 Å².